The number of carboxylic acid groups (broad SMARTS) is 1. The van der Waals surface area contributed by atoms with E-state index in [0.717, 1.165) is 19.5 Å². The lowest BCUT2D eigenvalue weighted by Crippen LogP contribution is -2.49. The Morgan fingerprint density at radius 1 is 1.11 bits per heavy atom. The van der Waals surface area contributed by atoms with Crippen LogP contribution in [-0.2, 0) is 9.59 Å². The van der Waals surface area contributed by atoms with E-state index in [0.29, 0.717) is 5.41 Å². The lowest BCUT2D eigenvalue weighted by atomic mass is 9.69. The lowest BCUT2D eigenvalue weighted by molar-refractivity contribution is -0.152. The van der Waals surface area contributed by atoms with Gasteiger partial charge in [-0.15, -0.1) is 0 Å². The van der Waals surface area contributed by atoms with Crippen LogP contribution in [0.25, 0.3) is 0 Å². The van der Waals surface area contributed by atoms with Crippen LogP contribution < -0.4 is 0 Å². The second-order valence-corrected chi connectivity index (χ2v) is 5.98. The average Bonchev–Trinajstić information content (AvgIpc) is 2.38. The SMILES string of the molecule is CC(C(=O)O)C(=O)N1CCCC2(CCCCC2)C1. The maximum Gasteiger partial charge on any atom is 0.315 e. The van der Waals surface area contributed by atoms with E-state index in [1.165, 1.54) is 45.4 Å². The molecule has 1 atom stereocenters. The highest BCUT2D eigenvalue weighted by Crippen LogP contribution is 2.43. The highest BCUT2D eigenvalue weighted by molar-refractivity contribution is 5.96. The van der Waals surface area contributed by atoms with Crippen LogP contribution in [0, 0.1) is 11.3 Å². The topological polar surface area (TPSA) is 57.6 Å². The van der Waals surface area contributed by atoms with Gasteiger partial charge in [0.05, 0.1) is 0 Å². The molecular formula is C14H23NO3. The monoisotopic (exact) mass is 253 g/mol. The highest BCUT2D eigenvalue weighted by Gasteiger charge is 2.39. The number of hydrogen-bond donors (Lipinski definition) is 1. The van der Waals surface area contributed by atoms with Gasteiger partial charge >= 0.3 is 5.97 Å². The van der Waals surface area contributed by atoms with Crippen molar-refractivity contribution >= 4 is 11.9 Å². The Bertz CT molecular complexity index is 328. The van der Waals surface area contributed by atoms with Crippen LogP contribution in [0.3, 0.4) is 0 Å². The number of carbonyl (C=O) groups excluding carboxylic acids is 1. The minimum Gasteiger partial charge on any atom is -0.481 e. The molecule has 1 aliphatic heterocycles. The Morgan fingerprint density at radius 2 is 1.72 bits per heavy atom. The summed E-state index contributed by atoms with van der Waals surface area (Å²) in [5.41, 5.74) is 0.296. The van der Waals surface area contributed by atoms with E-state index in [2.05, 4.69) is 0 Å². The van der Waals surface area contributed by atoms with Crippen LogP contribution in [0.4, 0.5) is 0 Å². The maximum atomic E-state index is 12.1. The number of likely N-dealkylation sites (tertiary alicyclic amines) is 1. The van der Waals surface area contributed by atoms with E-state index in [-0.39, 0.29) is 5.91 Å². The molecule has 4 heteroatoms. The summed E-state index contributed by atoms with van der Waals surface area (Å²) in [5, 5.41) is 8.94. The van der Waals surface area contributed by atoms with Gasteiger partial charge in [0, 0.05) is 13.1 Å². The van der Waals surface area contributed by atoms with Crippen molar-refractivity contribution in [1.82, 2.24) is 4.90 Å². The van der Waals surface area contributed by atoms with Crippen LogP contribution in [0.15, 0.2) is 0 Å². The summed E-state index contributed by atoms with van der Waals surface area (Å²) in [6.07, 6.45) is 8.47. The molecule has 1 spiro atoms. The fourth-order valence-corrected chi connectivity index (χ4v) is 3.49. The number of piperidine rings is 1. The molecule has 1 heterocycles. The van der Waals surface area contributed by atoms with Crippen molar-refractivity contribution < 1.29 is 14.7 Å². The van der Waals surface area contributed by atoms with Crippen molar-refractivity contribution in [3.63, 3.8) is 0 Å². The minimum atomic E-state index is -1.01. The predicted octanol–water partition coefficient (Wildman–Crippen LogP) is 2.28. The van der Waals surface area contributed by atoms with E-state index < -0.39 is 11.9 Å². The summed E-state index contributed by atoms with van der Waals surface area (Å²) in [6.45, 7) is 3.01. The molecule has 2 rings (SSSR count). The van der Waals surface area contributed by atoms with Gasteiger partial charge in [-0.25, -0.2) is 0 Å². The first kappa shape index (κ1) is 13.4. The largest absolute Gasteiger partial charge is 0.481 e. The van der Waals surface area contributed by atoms with Gasteiger partial charge in [0.1, 0.15) is 5.92 Å². The number of carboxylic acids is 1. The summed E-state index contributed by atoms with van der Waals surface area (Å²) < 4.78 is 0. The van der Waals surface area contributed by atoms with Crippen LogP contribution in [0.5, 0.6) is 0 Å². The smallest absolute Gasteiger partial charge is 0.315 e. The number of carbonyl (C=O) groups is 2. The lowest BCUT2D eigenvalue weighted by Gasteiger charge is -2.45. The molecule has 0 aromatic heterocycles. The minimum absolute atomic E-state index is 0.202. The second-order valence-electron chi connectivity index (χ2n) is 5.98. The van der Waals surface area contributed by atoms with E-state index in [4.69, 9.17) is 5.11 Å². The fraction of sp³-hybridized carbons (Fsp3) is 0.857. The Kier molecular flexibility index (Phi) is 3.93. The molecule has 1 amide bonds. The van der Waals surface area contributed by atoms with Gasteiger partial charge in [0.25, 0.3) is 0 Å². The zero-order chi connectivity index (χ0) is 13.2. The standard InChI is InChI=1S/C14H23NO3/c1-11(13(17)18)12(16)15-9-5-8-14(10-15)6-3-2-4-7-14/h11H,2-10H2,1H3,(H,17,18). The first-order valence-electron chi connectivity index (χ1n) is 7.06. The molecule has 0 aromatic carbocycles. The van der Waals surface area contributed by atoms with Crippen LogP contribution in [-0.4, -0.2) is 35.0 Å². The highest BCUT2D eigenvalue weighted by atomic mass is 16.4. The van der Waals surface area contributed by atoms with Crippen molar-refractivity contribution in [1.29, 1.82) is 0 Å². The normalized spacial score (nSPS) is 24.8. The van der Waals surface area contributed by atoms with Gasteiger partial charge in [-0.3, -0.25) is 9.59 Å². The molecule has 18 heavy (non-hydrogen) atoms. The molecule has 0 radical (unpaired) electrons. The van der Waals surface area contributed by atoms with Gasteiger partial charge in [0.15, 0.2) is 0 Å². The molecule has 0 bridgehead atoms. The first-order chi connectivity index (χ1) is 8.54. The molecule has 1 unspecified atom stereocenters. The Morgan fingerprint density at radius 3 is 2.33 bits per heavy atom. The van der Waals surface area contributed by atoms with E-state index in [9.17, 15) is 9.59 Å². The van der Waals surface area contributed by atoms with Crippen LogP contribution in [0.1, 0.15) is 51.9 Å². The third-order valence-electron chi connectivity index (χ3n) is 4.63. The van der Waals surface area contributed by atoms with E-state index in [1.807, 2.05) is 0 Å². The maximum absolute atomic E-state index is 12.1. The van der Waals surface area contributed by atoms with Crippen molar-refractivity contribution in [2.75, 3.05) is 13.1 Å². The van der Waals surface area contributed by atoms with E-state index >= 15 is 0 Å². The second kappa shape index (κ2) is 5.29. The van der Waals surface area contributed by atoms with Crippen molar-refractivity contribution in [2.24, 2.45) is 11.3 Å². The fourth-order valence-electron chi connectivity index (χ4n) is 3.49. The molecule has 1 N–H and O–H groups in total. The molecule has 1 saturated heterocycles. The Balaban J connectivity index is 2.02. The van der Waals surface area contributed by atoms with Gasteiger partial charge in [-0.2, -0.15) is 0 Å². The summed E-state index contributed by atoms with van der Waals surface area (Å²) >= 11 is 0. The number of nitrogens with zero attached hydrogens (tertiary/aromatic N) is 1. The zero-order valence-electron chi connectivity index (χ0n) is 11.2. The quantitative estimate of drug-likeness (QED) is 0.768. The summed E-state index contributed by atoms with van der Waals surface area (Å²) in [5.74, 6) is -2.11. The van der Waals surface area contributed by atoms with Crippen LogP contribution >= 0.6 is 0 Å². The molecule has 4 nitrogen and oxygen atoms in total. The van der Waals surface area contributed by atoms with Crippen molar-refractivity contribution in [3.8, 4) is 0 Å². The zero-order valence-corrected chi connectivity index (χ0v) is 11.2. The van der Waals surface area contributed by atoms with Gasteiger partial charge in [-0.05, 0) is 38.0 Å². The van der Waals surface area contributed by atoms with Crippen molar-refractivity contribution in [3.05, 3.63) is 0 Å². The van der Waals surface area contributed by atoms with Crippen molar-refractivity contribution in [2.45, 2.75) is 51.9 Å². The molecule has 2 fully saturated rings. The Labute approximate surface area is 108 Å². The third kappa shape index (κ3) is 2.68. The summed E-state index contributed by atoms with van der Waals surface area (Å²) in [4.78, 5) is 24.8. The summed E-state index contributed by atoms with van der Waals surface area (Å²) in [7, 11) is 0. The molecule has 0 aromatic rings. The molecule has 2 aliphatic rings. The molecular weight excluding hydrogens is 230 g/mol. The number of rotatable bonds is 2. The number of hydrogen-bond acceptors (Lipinski definition) is 2. The van der Waals surface area contributed by atoms with Gasteiger partial charge in [0.2, 0.25) is 5.91 Å². The molecule has 1 aliphatic carbocycles. The Hall–Kier alpha value is -1.06. The van der Waals surface area contributed by atoms with Gasteiger partial charge < -0.3 is 10.0 Å². The first-order valence-corrected chi connectivity index (χ1v) is 7.06. The summed E-state index contributed by atoms with van der Waals surface area (Å²) in [6, 6.07) is 0. The van der Waals surface area contributed by atoms with Crippen LogP contribution in [0.2, 0.25) is 0 Å². The van der Waals surface area contributed by atoms with E-state index in [1.54, 1.807) is 4.90 Å². The number of aliphatic carboxylic acids is 1. The predicted molar refractivity (Wildman–Crippen MR) is 68.1 cm³/mol. The van der Waals surface area contributed by atoms with Gasteiger partial charge in [-0.1, -0.05) is 19.3 Å². The average molecular weight is 253 g/mol. The molecule has 102 valence electrons. The number of amides is 1. The molecule has 1 saturated carbocycles. The third-order valence-corrected chi connectivity index (χ3v) is 4.63.